The van der Waals surface area contributed by atoms with Gasteiger partial charge in [0.2, 0.25) is 5.91 Å². The summed E-state index contributed by atoms with van der Waals surface area (Å²) in [4.78, 5) is 31.0. The monoisotopic (exact) mass is 471 g/mol. The Kier molecular flexibility index (Phi) is 7.57. The molecular weight excluding hydrogens is 448 g/mol. The molecule has 0 aliphatic rings. The van der Waals surface area contributed by atoms with Crippen molar-refractivity contribution in [1.29, 1.82) is 0 Å². The van der Waals surface area contributed by atoms with Crippen LogP contribution >= 0.6 is 0 Å². The Labute approximate surface area is 202 Å². The van der Waals surface area contributed by atoms with Crippen molar-refractivity contribution in [3.8, 4) is 0 Å². The fourth-order valence-electron chi connectivity index (χ4n) is 3.62. The quantitative estimate of drug-likeness (QED) is 0.391. The minimum Gasteiger partial charge on any atom is -0.352 e. The van der Waals surface area contributed by atoms with Crippen LogP contribution in [0, 0.1) is 11.6 Å². The van der Waals surface area contributed by atoms with Crippen LogP contribution in [0.4, 0.5) is 14.5 Å². The summed E-state index contributed by atoms with van der Waals surface area (Å²) < 4.78 is 27.5. The third-order valence-corrected chi connectivity index (χ3v) is 5.40. The molecule has 0 fully saturated rings. The molecule has 1 aromatic heterocycles. The number of hydrogen-bond acceptors (Lipinski definition) is 3. The van der Waals surface area contributed by atoms with E-state index in [-0.39, 0.29) is 24.4 Å². The Morgan fingerprint density at radius 3 is 2.14 bits per heavy atom. The van der Waals surface area contributed by atoms with Crippen molar-refractivity contribution in [2.24, 2.45) is 0 Å². The second kappa shape index (κ2) is 11.2. The number of nitrogens with one attached hydrogen (secondary N) is 1. The zero-order chi connectivity index (χ0) is 24.6. The van der Waals surface area contributed by atoms with Crippen molar-refractivity contribution in [1.82, 2.24) is 10.3 Å². The molecule has 1 heterocycles. The molecule has 0 radical (unpaired) electrons. The molecule has 0 atom stereocenters. The van der Waals surface area contributed by atoms with Crippen molar-refractivity contribution in [3.63, 3.8) is 0 Å². The Balaban J connectivity index is 1.50. The van der Waals surface area contributed by atoms with Crippen LogP contribution in [0.5, 0.6) is 0 Å². The Hall–Kier alpha value is -4.39. The summed E-state index contributed by atoms with van der Waals surface area (Å²) in [5.41, 5.74) is 3.04. The van der Waals surface area contributed by atoms with Crippen LogP contribution in [0.25, 0.3) is 0 Å². The maximum atomic E-state index is 13.8. The largest absolute Gasteiger partial charge is 0.352 e. The smallest absolute Gasteiger partial charge is 0.258 e. The maximum absolute atomic E-state index is 13.8. The van der Waals surface area contributed by atoms with Gasteiger partial charge in [0.1, 0.15) is 11.6 Å². The standard InChI is InChI=1S/C28H23F2N3O2/c29-24-5-1-3-22(15-24)19-33(28(35)23-4-2-6-25(30)17-23)26-9-7-20(8-10-26)16-27(34)32-18-21-11-13-31-14-12-21/h1-15,17H,16,18-19H2,(H,32,34). The second-order valence-corrected chi connectivity index (χ2v) is 8.01. The SMILES string of the molecule is O=C(Cc1ccc(N(Cc2cccc(F)c2)C(=O)c2cccc(F)c2)cc1)NCc1ccncc1. The van der Waals surface area contributed by atoms with E-state index in [4.69, 9.17) is 0 Å². The highest BCUT2D eigenvalue weighted by Crippen LogP contribution is 2.22. The highest BCUT2D eigenvalue weighted by molar-refractivity contribution is 6.06. The van der Waals surface area contributed by atoms with Crippen molar-refractivity contribution in [2.75, 3.05) is 4.90 Å². The fraction of sp³-hybridized carbons (Fsp3) is 0.107. The van der Waals surface area contributed by atoms with E-state index < -0.39 is 17.5 Å². The normalized spacial score (nSPS) is 10.6. The van der Waals surface area contributed by atoms with Crippen LogP contribution in [0.1, 0.15) is 27.0 Å². The van der Waals surface area contributed by atoms with Gasteiger partial charge in [-0.1, -0.05) is 30.3 Å². The summed E-state index contributed by atoms with van der Waals surface area (Å²) in [5, 5.41) is 2.87. The highest BCUT2D eigenvalue weighted by Gasteiger charge is 2.19. The summed E-state index contributed by atoms with van der Waals surface area (Å²) in [5.74, 6) is -1.48. The van der Waals surface area contributed by atoms with E-state index in [2.05, 4.69) is 10.3 Å². The van der Waals surface area contributed by atoms with Gasteiger partial charge in [-0.15, -0.1) is 0 Å². The minimum absolute atomic E-state index is 0.0961. The van der Waals surface area contributed by atoms with Gasteiger partial charge in [-0.05, 0) is 71.3 Å². The molecule has 0 unspecified atom stereocenters. The first-order chi connectivity index (χ1) is 17.0. The average molecular weight is 472 g/mol. The van der Waals surface area contributed by atoms with Gasteiger partial charge in [0.15, 0.2) is 0 Å². The molecule has 0 spiro atoms. The van der Waals surface area contributed by atoms with Crippen molar-refractivity contribution >= 4 is 17.5 Å². The number of anilines is 1. The first kappa shape index (κ1) is 23.8. The molecule has 176 valence electrons. The third-order valence-electron chi connectivity index (χ3n) is 5.40. The zero-order valence-electron chi connectivity index (χ0n) is 18.8. The van der Waals surface area contributed by atoms with Gasteiger partial charge in [-0.3, -0.25) is 14.6 Å². The van der Waals surface area contributed by atoms with Crippen LogP contribution in [0.3, 0.4) is 0 Å². The van der Waals surface area contributed by atoms with E-state index in [1.54, 1.807) is 48.8 Å². The van der Waals surface area contributed by atoms with E-state index in [0.29, 0.717) is 17.8 Å². The zero-order valence-corrected chi connectivity index (χ0v) is 18.8. The van der Waals surface area contributed by atoms with Gasteiger partial charge in [0.05, 0.1) is 13.0 Å². The van der Waals surface area contributed by atoms with Gasteiger partial charge in [-0.2, -0.15) is 0 Å². The average Bonchev–Trinajstić information content (AvgIpc) is 2.87. The van der Waals surface area contributed by atoms with Crippen LogP contribution in [0.15, 0.2) is 97.3 Å². The van der Waals surface area contributed by atoms with Crippen LogP contribution in [-0.4, -0.2) is 16.8 Å². The number of amides is 2. The van der Waals surface area contributed by atoms with Gasteiger partial charge in [0, 0.05) is 30.2 Å². The number of halogens is 2. The lowest BCUT2D eigenvalue weighted by molar-refractivity contribution is -0.120. The highest BCUT2D eigenvalue weighted by atomic mass is 19.1. The molecule has 0 aliphatic heterocycles. The van der Waals surface area contributed by atoms with E-state index in [1.165, 1.54) is 41.3 Å². The predicted molar refractivity (Wildman–Crippen MR) is 130 cm³/mol. The Morgan fingerprint density at radius 1 is 0.771 bits per heavy atom. The number of nitrogens with zero attached hydrogens (tertiary/aromatic N) is 2. The molecule has 35 heavy (non-hydrogen) atoms. The maximum Gasteiger partial charge on any atom is 0.258 e. The Bertz CT molecular complexity index is 1310. The first-order valence-electron chi connectivity index (χ1n) is 11.0. The summed E-state index contributed by atoms with van der Waals surface area (Å²) >= 11 is 0. The van der Waals surface area contributed by atoms with Gasteiger partial charge in [0.25, 0.3) is 5.91 Å². The van der Waals surface area contributed by atoms with E-state index >= 15 is 0 Å². The number of carbonyl (C=O) groups excluding carboxylic acids is 2. The van der Waals surface area contributed by atoms with Gasteiger partial charge < -0.3 is 10.2 Å². The van der Waals surface area contributed by atoms with E-state index in [0.717, 1.165) is 11.1 Å². The summed E-state index contributed by atoms with van der Waals surface area (Å²) in [6, 6.07) is 22.0. The van der Waals surface area contributed by atoms with Crippen LogP contribution < -0.4 is 10.2 Å². The lowest BCUT2D eigenvalue weighted by Crippen LogP contribution is -2.30. The molecule has 2 amide bonds. The number of carbonyl (C=O) groups is 2. The molecular formula is C28H23F2N3O2. The third kappa shape index (κ3) is 6.57. The molecule has 0 saturated carbocycles. The molecule has 1 N–H and O–H groups in total. The molecule has 7 heteroatoms. The second-order valence-electron chi connectivity index (χ2n) is 8.01. The molecule has 5 nitrogen and oxygen atoms in total. The predicted octanol–water partition coefficient (Wildman–Crippen LogP) is 5.07. The molecule has 4 rings (SSSR count). The van der Waals surface area contributed by atoms with Crippen molar-refractivity contribution in [3.05, 3.63) is 131 Å². The van der Waals surface area contributed by atoms with Crippen molar-refractivity contribution < 1.29 is 18.4 Å². The van der Waals surface area contributed by atoms with Gasteiger partial charge in [-0.25, -0.2) is 8.78 Å². The van der Waals surface area contributed by atoms with E-state index in [1.807, 2.05) is 12.1 Å². The molecule has 4 aromatic rings. The lowest BCUT2D eigenvalue weighted by Gasteiger charge is -2.23. The summed E-state index contributed by atoms with van der Waals surface area (Å²) in [6.45, 7) is 0.502. The number of rotatable bonds is 8. The molecule has 0 bridgehead atoms. The van der Waals surface area contributed by atoms with Crippen LogP contribution in [-0.2, 0) is 24.3 Å². The topological polar surface area (TPSA) is 62.3 Å². The number of pyridine rings is 1. The van der Waals surface area contributed by atoms with Crippen molar-refractivity contribution in [2.45, 2.75) is 19.5 Å². The fourth-order valence-corrected chi connectivity index (χ4v) is 3.62. The lowest BCUT2D eigenvalue weighted by atomic mass is 10.1. The molecule has 0 aliphatic carbocycles. The summed E-state index contributed by atoms with van der Waals surface area (Å²) in [6.07, 6.45) is 3.51. The number of benzene rings is 3. The summed E-state index contributed by atoms with van der Waals surface area (Å²) in [7, 11) is 0. The molecule has 0 saturated heterocycles. The minimum atomic E-state index is -0.519. The van der Waals surface area contributed by atoms with E-state index in [9.17, 15) is 18.4 Å². The first-order valence-corrected chi connectivity index (χ1v) is 11.0. The van der Waals surface area contributed by atoms with Crippen LogP contribution in [0.2, 0.25) is 0 Å². The molecule has 3 aromatic carbocycles. The van der Waals surface area contributed by atoms with Gasteiger partial charge >= 0.3 is 0 Å². The Morgan fingerprint density at radius 2 is 1.46 bits per heavy atom. The number of aromatic nitrogens is 1. The number of hydrogen-bond donors (Lipinski definition) is 1.